The van der Waals surface area contributed by atoms with Gasteiger partial charge in [-0.05, 0) is 249 Å². The number of hydrogen-bond donors (Lipinski definition) is 1. The fourth-order valence-electron chi connectivity index (χ4n) is 12.9. The van der Waals surface area contributed by atoms with Gasteiger partial charge in [-0.25, -0.2) is 14.4 Å². The van der Waals surface area contributed by atoms with Crippen molar-refractivity contribution in [3.05, 3.63) is 207 Å². The van der Waals surface area contributed by atoms with Crippen LogP contribution in [0.5, 0.6) is 0 Å². The van der Waals surface area contributed by atoms with E-state index in [1.165, 1.54) is 170 Å². The molecule has 111 heavy (non-hydrogen) atoms. The molecule has 0 saturated carbocycles. The van der Waals surface area contributed by atoms with Crippen LogP contribution in [0.15, 0.2) is 200 Å². The summed E-state index contributed by atoms with van der Waals surface area (Å²) in [5.74, 6) is -6.88. The second-order valence-electron chi connectivity index (χ2n) is 30.3. The van der Waals surface area contributed by atoms with Crippen molar-refractivity contribution in [2.24, 2.45) is 39.4 Å². The van der Waals surface area contributed by atoms with Gasteiger partial charge in [0.25, 0.3) is 0 Å². The minimum absolute atomic E-state index is 0. The first-order chi connectivity index (χ1) is 49.4. The molecule has 1 unspecified atom stereocenters. The summed E-state index contributed by atoms with van der Waals surface area (Å²) in [6, 6.07) is 0. The van der Waals surface area contributed by atoms with Gasteiger partial charge in [-0.1, -0.05) is 175 Å². The summed E-state index contributed by atoms with van der Waals surface area (Å²) < 4.78 is 27.7. The summed E-state index contributed by atoms with van der Waals surface area (Å²) in [5, 5.41) is 8.65. The third-order valence-electron chi connectivity index (χ3n) is 19.1. The number of allylic oxidation sites excluding steroid dienone is 29. The third kappa shape index (κ3) is 43.7. The number of aliphatic carboxylic acids is 1. The van der Waals surface area contributed by atoms with Gasteiger partial charge in [-0.2, -0.15) is 0 Å². The molecule has 0 fully saturated rings. The number of hydrogen-bond acceptors (Lipinski definition) is 17. The molecule has 0 amide bonds. The molecule has 4 rings (SSSR count). The van der Waals surface area contributed by atoms with Crippen LogP contribution in [0.25, 0.3) is 0 Å². The van der Waals surface area contributed by atoms with E-state index < -0.39 is 53.6 Å². The van der Waals surface area contributed by atoms with Gasteiger partial charge >= 0.3 is 116 Å². The van der Waals surface area contributed by atoms with Gasteiger partial charge in [0.2, 0.25) is 0 Å². The van der Waals surface area contributed by atoms with Gasteiger partial charge in [-0.15, -0.1) is 0 Å². The van der Waals surface area contributed by atoms with E-state index in [1.807, 2.05) is 50.6 Å². The predicted molar refractivity (Wildman–Crippen MR) is 442 cm³/mol. The zero-order chi connectivity index (χ0) is 81.5. The minimum Gasteiger partial charge on any atom is -1.00 e. The first kappa shape index (κ1) is 116. The first-order valence-electron chi connectivity index (χ1n) is 36.4. The Morgan fingerprint density at radius 2 is 0.784 bits per heavy atom. The van der Waals surface area contributed by atoms with Crippen molar-refractivity contribution in [1.29, 1.82) is 0 Å². The molecule has 0 aromatic carbocycles. The van der Waals surface area contributed by atoms with Crippen molar-refractivity contribution in [2.75, 3.05) is 56.8 Å². The number of rotatable bonds is 25. The molecule has 4 aliphatic carbocycles. The molecule has 4 aliphatic rings. The number of carbonyl (C=O) groups is 9. The summed E-state index contributed by atoms with van der Waals surface area (Å²) >= 11 is 0. The van der Waals surface area contributed by atoms with Crippen molar-refractivity contribution >= 4 is 76.4 Å². The molecule has 1 atom stereocenters. The van der Waals surface area contributed by atoms with Gasteiger partial charge in [0.1, 0.15) is 5.57 Å². The Hall–Kier alpha value is -6.34. The van der Waals surface area contributed by atoms with E-state index in [9.17, 15) is 43.2 Å². The Balaban J connectivity index is -0.000000313. The van der Waals surface area contributed by atoms with Crippen LogP contribution in [0.4, 0.5) is 0 Å². The van der Waals surface area contributed by atoms with E-state index in [0.717, 1.165) is 24.0 Å². The van der Waals surface area contributed by atoms with E-state index in [-0.39, 0.29) is 144 Å². The number of ketones is 2. The number of esters is 6. The molecule has 610 valence electrons. The van der Waals surface area contributed by atoms with Gasteiger partial charge in [-0.3, -0.25) is 28.8 Å². The first-order valence-corrected chi connectivity index (χ1v) is 36.4. The summed E-state index contributed by atoms with van der Waals surface area (Å²) in [4.78, 5) is 105. The SMILES string of the molecule is CC(=O)/C=C/C1=C(C)CCCC1(C)C.CC1=C(/C=C/C(C)=C/C=C/C(C)=C/C(=O)O)C(C)(C)CCC1.COC(=O)C(C(=O)OC)/C(C)=C/C=C/C(=O)/C=C/C1=C(C)CCCC1(C)C.COC(=O)C(C(=O)OC)/C(C)=C/C=C/C(C)/C=C/C1=C(C)CCCC1(C)C.COC(=O)C(C(=O)OC)=C(C)/C=C/N(C)C.[CH3-].[Cl-].[K+].[Mg+2].[OH-]. The van der Waals surface area contributed by atoms with Crippen LogP contribution in [0, 0.1) is 46.8 Å². The molecule has 0 saturated heterocycles. The zero-order valence-electron chi connectivity index (χ0n) is 72.8. The molecule has 18 nitrogen and oxygen atoms in total. The van der Waals surface area contributed by atoms with E-state index in [1.54, 1.807) is 82.2 Å². The third-order valence-corrected chi connectivity index (χ3v) is 19.1. The average Bonchev–Trinajstić information content (AvgIpc) is 0.834. The number of methoxy groups -OCH3 is 6. The molecular formula is C90H133ClKMgNO17. The molecule has 2 N–H and O–H groups in total. The molecule has 0 heterocycles. The maximum absolute atomic E-state index is 12.1. The average molecular weight is 1600 g/mol. The number of carboxylic acid groups (broad SMARTS) is 1. The molecule has 0 bridgehead atoms. The van der Waals surface area contributed by atoms with E-state index in [2.05, 4.69) is 140 Å². The Morgan fingerprint density at radius 3 is 1.11 bits per heavy atom. The van der Waals surface area contributed by atoms with Gasteiger partial charge in [0.15, 0.2) is 23.4 Å². The van der Waals surface area contributed by atoms with Crippen LogP contribution in [-0.2, 0) is 71.6 Å². The predicted octanol–water partition coefficient (Wildman–Crippen LogP) is 13.2. The van der Waals surface area contributed by atoms with Gasteiger partial charge in [0, 0.05) is 20.2 Å². The van der Waals surface area contributed by atoms with E-state index >= 15 is 0 Å². The summed E-state index contributed by atoms with van der Waals surface area (Å²) in [6.45, 7) is 39.4. The molecule has 0 radical (unpaired) electrons. The van der Waals surface area contributed by atoms with Crippen LogP contribution in [-0.4, -0.2) is 149 Å². The second kappa shape index (κ2) is 58.5. The molecule has 0 aliphatic heterocycles. The fraction of sp³-hybridized carbons (Fsp3) is 0.511. The largest absolute Gasteiger partial charge is 2.00 e. The quantitative estimate of drug-likeness (QED) is 0.0130. The number of carbonyl (C=O) groups excluding carboxylic acids is 8. The van der Waals surface area contributed by atoms with Crippen LogP contribution in [0.1, 0.15) is 209 Å². The second-order valence-corrected chi connectivity index (χ2v) is 30.3. The normalized spacial score (nSPS) is 17.1. The Morgan fingerprint density at radius 1 is 0.450 bits per heavy atom. The molecule has 0 aromatic rings. The molecule has 0 aromatic heterocycles. The van der Waals surface area contributed by atoms with Crippen molar-refractivity contribution in [3.8, 4) is 0 Å². The Bertz CT molecular complexity index is 3600. The van der Waals surface area contributed by atoms with Crippen molar-refractivity contribution in [2.45, 2.75) is 209 Å². The maximum Gasteiger partial charge on any atom is 2.00 e. The smallest absolute Gasteiger partial charge is 1.00 e. The topological polar surface area (TPSA) is 262 Å². The standard InChI is InChI=1S/C23H34O4.C22H30O5.C20H28O2.C13H20O.C11H17NO4.CH3.ClH.K.Mg.H2O/c1-16(13-14-19-17(2)12-9-15-23(19,4)5)10-8-11-18(3)20(21(24)26-6)22(25)27-7;1-15-10-8-14-22(3,4)18(15)13-12-17(23)11-7-9-16(2)19(20(24)26-5)21(25)27-6;1-15(8-6-9-16(2)14-19(21)22)11-12-18-17(3)10-7-13-20(18,4)5;1-10-6-5-9-13(3,4)12(10)8-7-11(2)14;1-8(6-7-12(2)3)9(10(13)15-4)11(14)16-5;;;;;/h8,10-11,13-14,16,20H,9,12,15H2,1-7H3;7,9,11-13,19H,8,10,14H2,1-6H3;6,8-9,11-12,14H,7,10,13H2,1-5H3,(H,21,22);7-8H,5-6,9H2,1-4H3;6-7H,1-5H3;1H3;1H;;;1H2/q;;;;;-1;;+1;+2;/p-2/b10-8+,14-13+,18-11+;11-7+,13-12+,16-9+;9-6+,12-11+,15-8+,16-14+;8-7+;7-6+;;;;;. The fourth-order valence-corrected chi connectivity index (χ4v) is 12.9. The minimum atomic E-state index is -1.13. The Kier molecular flexibility index (Phi) is 60.9. The van der Waals surface area contributed by atoms with Gasteiger partial charge < -0.3 is 63.7 Å². The van der Waals surface area contributed by atoms with Crippen molar-refractivity contribution in [3.63, 3.8) is 0 Å². The van der Waals surface area contributed by atoms with Crippen LogP contribution < -0.4 is 63.8 Å². The summed E-state index contributed by atoms with van der Waals surface area (Å²) in [5.41, 5.74) is 15.3. The van der Waals surface area contributed by atoms with Crippen LogP contribution in [0.3, 0.4) is 0 Å². The van der Waals surface area contributed by atoms with Crippen molar-refractivity contribution < 1.29 is 146 Å². The monoisotopic (exact) mass is 1600 g/mol. The molecular weight excluding hydrogens is 1470 g/mol. The van der Waals surface area contributed by atoms with Gasteiger partial charge in [0.05, 0.1) is 42.7 Å². The number of ether oxygens (including phenoxy) is 6. The summed E-state index contributed by atoms with van der Waals surface area (Å²) in [7, 11) is 11.0. The van der Waals surface area contributed by atoms with E-state index in [4.69, 9.17) is 14.6 Å². The molecule has 21 heteroatoms. The van der Waals surface area contributed by atoms with Crippen LogP contribution >= 0.6 is 0 Å². The summed E-state index contributed by atoms with van der Waals surface area (Å²) in [6.07, 6.45) is 50.8. The maximum atomic E-state index is 12.1. The zero-order valence-corrected chi connectivity index (χ0v) is 78.1. The molecule has 0 spiro atoms. The number of halogens is 1. The Labute approximate surface area is 732 Å². The number of nitrogens with zero attached hydrogens (tertiary/aromatic N) is 1. The van der Waals surface area contributed by atoms with Crippen LogP contribution in [0.2, 0.25) is 0 Å². The van der Waals surface area contributed by atoms with Crippen molar-refractivity contribution in [1.82, 2.24) is 4.90 Å². The number of carboxylic acids is 1. The van der Waals surface area contributed by atoms with E-state index in [0.29, 0.717) is 16.7 Å².